The number of sulfone groups is 1. The molecule has 1 heterocycles. The van der Waals surface area contributed by atoms with Gasteiger partial charge in [0.15, 0.2) is 9.84 Å². The third-order valence-corrected chi connectivity index (χ3v) is 4.11. The molecule has 102 valence electrons. The van der Waals surface area contributed by atoms with Crippen molar-refractivity contribution in [1.82, 2.24) is 9.55 Å². The minimum absolute atomic E-state index is 0.320. The lowest BCUT2D eigenvalue weighted by atomic mass is 10.2. The first-order chi connectivity index (χ1) is 8.88. The first kappa shape index (κ1) is 13.6. The number of hydrogen-bond acceptors (Lipinski definition) is 4. The molecule has 1 aromatic heterocycles. The Balaban J connectivity index is 2.23. The van der Waals surface area contributed by atoms with E-state index in [4.69, 9.17) is 0 Å². The summed E-state index contributed by atoms with van der Waals surface area (Å²) in [5.74, 6) is 0.893. The van der Waals surface area contributed by atoms with Crippen molar-refractivity contribution >= 4 is 15.5 Å². The Morgan fingerprint density at radius 3 is 2.68 bits per heavy atom. The molecule has 0 radical (unpaired) electrons. The molecule has 0 aliphatic carbocycles. The molecule has 2 rings (SSSR count). The smallest absolute Gasteiger partial charge is 0.175 e. The maximum atomic E-state index is 11.5. The average molecular weight is 279 g/mol. The molecule has 1 N–H and O–H groups in total. The van der Waals surface area contributed by atoms with Crippen molar-refractivity contribution in [2.45, 2.75) is 18.4 Å². The molecule has 6 heteroatoms. The van der Waals surface area contributed by atoms with Crippen LogP contribution in [0.4, 0.5) is 5.69 Å². The molecule has 5 nitrogen and oxygen atoms in total. The zero-order valence-corrected chi connectivity index (χ0v) is 12.0. The predicted molar refractivity (Wildman–Crippen MR) is 74.8 cm³/mol. The van der Waals surface area contributed by atoms with E-state index in [1.54, 1.807) is 24.4 Å². The van der Waals surface area contributed by atoms with Gasteiger partial charge in [-0.15, -0.1) is 0 Å². The van der Waals surface area contributed by atoms with Crippen LogP contribution in [-0.2, 0) is 23.4 Å². The van der Waals surface area contributed by atoms with Crippen molar-refractivity contribution in [2.75, 3.05) is 11.6 Å². The van der Waals surface area contributed by atoms with Gasteiger partial charge in [0.25, 0.3) is 0 Å². The van der Waals surface area contributed by atoms with E-state index in [-0.39, 0.29) is 0 Å². The minimum atomic E-state index is -3.18. The lowest BCUT2D eigenvalue weighted by Crippen LogP contribution is -2.07. The number of nitrogens with one attached hydrogen (secondary N) is 1. The summed E-state index contributed by atoms with van der Waals surface area (Å²) in [5, 5.41) is 3.22. The second-order valence-corrected chi connectivity index (χ2v) is 6.57. The summed E-state index contributed by atoms with van der Waals surface area (Å²) in [5.41, 5.74) is 1.81. The van der Waals surface area contributed by atoms with Crippen LogP contribution in [0.3, 0.4) is 0 Å². The number of nitrogens with zero attached hydrogens (tertiary/aromatic N) is 2. The molecule has 0 fully saturated rings. The summed E-state index contributed by atoms with van der Waals surface area (Å²) in [6.07, 6.45) is 4.81. The maximum Gasteiger partial charge on any atom is 0.175 e. The van der Waals surface area contributed by atoms with Crippen LogP contribution < -0.4 is 5.32 Å². The summed E-state index contributed by atoms with van der Waals surface area (Å²) in [6.45, 7) is 2.49. The van der Waals surface area contributed by atoms with E-state index in [0.29, 0.717) is 11.4 Å². The van der Waals surface area contributed by atoms with Crippen molar-refractivity contribution in [3.05, 3.63) is 42.0 Å². The fourth-order valence-electron chi connectivity index (χ4n) is 1.76. The highest BCUT2D eigenvalue weighted by Gasteiger charge is 2.09. The summed E-state index contributed by atoms with van der Waals surface area (Å²) in [7, 11) is -1.26. The molecule has 0 atom stereocenters. The third-order valence-electron chi connectivity index (χ3n) is 3.00. The Hall–Kier alpha value is -1.82. The lowest BCUT2D eigenvalue weighted by Gasteiger charge is -2.11. The first-order valence-corrected chi connectivity index (χ1v) is 7.78. The van der Waals surface area contributed by atoms with Gasteiger partial charge in [-0.25, -0.2) is 13.4 Å². The van der Waals surface area contributed by atoms with Gasteiger partial charge in [0.05, 0.1) is 11.4 Å². The largest absolute Gasteiger partial charge is 0.378 e. The second kappa shape index (κ2) is 5.05. The van der Waals surface area contributed by atoms with Crippen LogP contribution in [0.2, 0.25) is 0 Å². The zero-order valence-electron chi connectivity index (χ0n) is 11.2. The highest BCUT2D eigenvalue weighted by molar-refractivity contribution is 7.90. The monoisotopic (exact) mass is 279 g/mol. The fraction of sp³-hybridized carbons (Fsp3) is 0.308. The van der Waals surface area contributed by atoms with Gasteiger partial charge in [-0.1, -0.05) is 6.07 Å². The standard InChI is InChI=1S/C13H17N3O2S/c1-10-4-5-11(19(3,17)18)8-12(10)15-9-13-14-6-7-16(13)2/h4-8,15H,9H2,1-3H3. The minimum Gasteiger partial charge on any atom is -0.378 e. The molecule has 0 saturated heterocycles. The average Bonchev–Trinajstić information content (AvgIpc) is 2.72. The normalized spacial score (nSPS) is 11.5. The second-order valence-electron chi connectivity index (χ2n) is 4.56. The molecule has 19 heavy (non-hydrogen) atoms. The van der Waals surface area contributed by atoms with E-state index in [2.05, 4.69) is 10.3 Å². The molecule has 0 bridgehead atoms. The lowest BCUT2D eigenvalue weighted by molar-refractivity contribution is 0.602. The molecule has 0 amide bonds. The Labute approximate surface area is 113 Å². The first-order valence-electron chi connectivity index (χ1n) is 5.89. The van der Waals surface area contributed by atoms with Crippen LogP contribution in [0, 0.1) is 6.92 Å². The van der Waals surface area contributed by atoms with Gasteiger partial charge in [-0.2, -0.15) is 0 Å². The molecule has 1 aromatic carbocycles. The Kier molecular flexibility index (Phi) is 3.61. The summed E-state index contributed by atoms with van der Waals surface area (Å²) in [6, 6.07) is 5.08. The highest BCUT2D eigenvalue weighted by Crippen LogP contribution is 2.20. The third kappa shape index (κ3) is 3.14. The quantitative estimate of drug-likeness (QED) is 0.926. The van der Waals surface area contributed by atoms with E-state index >= 15 is 0 Å². The highest BCUT2D eigenvalue weighted by atomic mass is 32.2. The number of anilines is 1. The van der Waals surface area contributed by atoms with Crippen LogP contribution >= 0.6 is 0 Å². The van der Waals surface area contributed by atoms with E-state index in [1.807, 2.05) is 24.7 Å². The van der Waals surface area contributed by atoms with Gasteiger partial charge in [0, 0.05) is 31.4 Å². The van der Waals surface area contributed by atoms with E-state index in [1.165, 1.54) is 6.26 Å². The summed E-state index contributed by atoms with van der Waals surface area (Å²) in [4.78, 5) is 4.53. The Morgan fingerprint density at radius 2 is 2.11 bits per heavy atom. The van der Waals surface area contributed by atoms with Crippen LogP contribution in [0.15, 0.2) is 35.5 Å². The van der Waals surface area contributed by atoms with Crippen molar-refractivity contribution in [3.8, 4) is 0 Å². The summed E-state index contributed by atoms with van der Waals surface area (Å²) >= 11 is 0. The van der Waals surface area contributed by atoms with Crippen molar-refractivity contribution < 1.29 is 8.42 Å². The Morgan fingerprint density at radius 1 is 1.37 bits per heavy atom. The molecule has 0 aliphatic rings. The molecule has 0 saturated carbocycles. The van der Waals surface area contributed by atoms with Crippen LogP contribution in [0.5, 0.6) is 0 Å². The van der Waals surface area contributed by atoms with Crippen molar-refractivity contribution in [1.29, 1.82) is 0 Å². The van der Waals surface area contributed by atoms with Crippen LogP contribution in [-0.4, -0.2) is 24.2 Å². The van der Waals surface area contributed by atoms with E-state index in [0.717, 1.165) is 17.1 Å². The Bertz CT molecular complexity index is 690. The number of aryl methyl sites for hydroxylation is 2. The molecule has 2 aromatic rings. The molecular formula is C13H17N3O2S. The van der Waals surface area contributed by atoms with Crippen LogP contribution in [0.1, 0.15) is 11.4 Å². The number of hydrogen-bond donors (Lipinski definition) is 1. The molecule has 0 aliphatic heterocycles. The van der Waals surface area contributed by atoms with Crippen LogP contribution in [0.25, 0.3) is 0 Å². The molecule has 0 spiro atoms. The topological polar surface area (TPSA) is 64.0 Å². The summed E-state index contributed by atoms with van der Waals surface area (Å²) < 4.78 is 25.0. The molecular weight excluding hydrogens is 262 g/mol. The number of benzene rings is 1. The van der Waals surface area contributed by atoms with Crippen molar-refractivity contribution in [2.24, 2.45) is 7.05 Å². The number of aromatic nitrogens is 2. The van der Waals surface area contributed by atoms with Gasteiger partial charge in [0.1, 0.15) is 5.82 Å². The predicted octanol–water partition coefficient (Wildman–Crippen LogP) is 1.74. The SMILES string of the molecule is Cc1ccc(S(C)(=O)=O)cc1NCc1nccn1C. The van der Waals surface area contributed by atoms with E-state index < -0.39 is 9.84 Å². The zero-order chi connectivity index (χ0) is 14.0. The number of rotatable bonds is 4. The van der Waals surface area contributed by atoms with E-state index in [9.17, 15) is 8.42 Å². The number of imidazole rings is 1. The van der Waals surface area contributed by atoms with Gasteiger partial charge in [-0.3, -0.25) is 0 Å². The fourth-order valence-corrected chi connectivity index (χ4v) is 2.41. The van der Waals surface area contributed by atoms with Gasteiger partial charge >= 0.3 is 0 Å². The molecule has 0 unspecified atom stereocenters. The maximum absolute atomic E-state index is 11.5. The van der Waals surface area contributed by atoms with Crippen molar-refractivity contribution in [3.63, 3.8) is 0 Å². The van der Waals surface area contributed by atoms with Gasteiger partial charge < -0.3 is 9.88 Å². The van der Waals surface area contributed by atoms with Gasteiger partial charge in [0.2, 0.25) is 0 Å². The van der Waals surface area contributed by atoms with Gasteiger partial charge in [-0.05, 0) is 24.6 Å².